The quantitative estimate of drug-likeness (QED) is 0.855. The van der Waals surface area contributed by atoms with Crippen LogP contribution in [-0.2, 0) is 0 Å². The molecular weight excluding hydrogens is 286 g/mol. The van der Waals surface area contributed by atoms with Crippen LogP contribution in [0.15, 0.2) is 35.7 Å². The highest BCUT2D eigenvalue weighted by molar-refractivity contribution is 7.10. The van der Waals surface area contributed by atoms with Crippen LogP contribution in [0.1, 0.15) is 41.0 Å². The van der Waals surface area contributed by atoms with Crippen LogP contribution < -0.4 is 10.1 Å². The maximum absolute atomic E-state index is 12.3. The third-order valence-electron chi connectivity index (χ3n) is 3.21. The normalized spacial score (nSPS) is 11.9. The highest BCUT2D eigenvalue weighted by Crippen LogP contribution is 2.27. The largest absolute Gasteiger partial charge is 0.504 e. The van der Waals surface area contributed by atoms with E-state index in [1.165, 1.54) is 13.2 Å². The number of hydrogen-bond acceptors (Lipinski definition) is 4. The lowest BCUT2D eigenvalue weighted by molar-refractivity contribution is 0.0934. The molecule has 0 spiro atoms. The van der Waals surface area contributed by atoms with Gasteiger partial charge in [0.05, 0.1) is 13.2 Å². The molecule has 112 valence electrons. The van der Waals surface area contributed by atoms with Crippen molar-refractivity contribution in [1.82, 2.24) is 5.32 Å². The van der Waals surface area contributed by atoms with Crippen LogP contribution in [0.5, 0.6) is 11.5 Å². The van der Waals surface area contributed by atoms with Crippen molar-refractivity contribution in [3.8, 4) is 11.5 Å². The molecule has 2 rings (SSSR count). The van der Waals surface area contributed by atoms with E-state index in [1.54, 1.807) is 23.5 Å². The maximum Gasteiger partial charge on any atom is 0.251 e. The fourth-order valence-electron chi connectivity index (χ4n) is 2.14. The monoisotopic (exact) mass is 305 g/mol. The summed E-state index contributed by atoms with van der Waals surface area (Å²) in [6.07, 6.45) is 1.87. The number of amides is 1. The van der Waals surface area contributed by atoms with Gasteiger partial charge in [-0.2, -0.15) is 0 Å². The van der Waals surface area contributed by atoms with Crippen molar-refractivity contribution < 1.29 is 14.6 Å². The second-order valence-corrected chi connectivity index (χ2v) is 5.70. The number of nitrogens with one attached hydrogen (secondary N) is 1. The van der Waals surface area contributed by atoms with Crippen molar-refractivity contribution in [3.63, 3.8) is 0 Å². The second kappa shape index (κ2) is 7.13. The fourth-order valence-corrected chi connectivity index (χ4v) is 2.95. The van der Waals surface area contributed by atoms with Crippen molar-refractivity contribution in [3.05, 3.63) is 46.2 Å². The molecule has 21 heavy (non-hydrogen) atoms. The predicted octanol–water partition coefficient (Wildman–Crippen LogP) is 3.73. The average Bonchev–Trinajstić information content (AvgIpc) is 3.00. The van der Waals surface area contributed by atoms with Crippen LogP contribution in [0.3, 0.4) is 0 Å². The average molecular weight is 305 g/mol. The molecule has 5 heteroatoms. The molecule has 4 nitrogen and oxygen atoms in total. The highest BCUT2D eigenvalue weighted by Gasteiger charge is 2.17. The zero-order chi connectivity index (χ0) is 15.2. The van der Waals surface area contributed by atoms with Gasteiger partial charge >= 0.3 is 0 Å². The van der Waals surface area contributed by atoms with E-state index in [9.17, 15) is 9.90 Å². The lowest BCUT2D eigenvalue weighted by atomic mass is 10.1. The molecule has 0 fully saturated rings. The number of hydrogen-bond donors (Lipinski definition) is 2. The van der Waals surface area contributed by atoms with Crippen LogP contribution in [0.25, 0.3) is 0 Å². The zero-order valence-electron chi connectivity index (χ0n) is 12.1. The molecule has 1 atom stereocenters. The summed E-state index contributed by atoms with van der Waals surface area (Å²) in [5.74, 6) is 0.128. The smallest absolute Gasteiger partial charge is 0.251 e. The molecule has 0 aliphatic carbocycles. The van der Waals surface area contributed by atoms with Crippen LogP contribution in [0, 0.1) is 0 Å². The topological polar surface area (TPSA) is 58.6 Å². The SMILES string of the molecule is CCCC(NC(=O)c1ccc(OC)c(O)c1)c1cccs1. The van der Waals surface area contributed by atoms with Crippen molar-refractivity contribution in [1.29, 1.82) is 0 Å². The van der Waals surface area contributed by atoms with Crippen molar-refractivity contribution in [2.75, 3.05) is 7.11 Å². The molecule has 0 radical (unpaired) electrons. The van der Waals surface area contributed by atoms with Gasteiger partial charge in [0.1, 0.15) is 0 Å². The molecule has 2 aromatic rings. The summed E-state index contributed by atoms with van der Waals surface area (Å²) in [5.41, 5.74) is 0.422. The first-order valence-corrected chi connectivity index (χ1v) is 7.75. The fraction of sp³-hybridized carbons (Fsp3) is 0.312. The van der Waals surface area contributed by atoms with Crippen LogP contribution >= 0.6 is 11.3 Å². The van der Waals surface area contributed by atoms with E-state index in [4.69, 9.17) is 4.74 Å². The van der Waals surface area contributed by atoms with Gasteiger partial charge in [-0.3, -0.25) is 4.79 Å². The van der Waals surface area contributed by atoms with Crippen molar-refractivity contribution in [2.24, 2.45) is 0 Å². The molecule has 1 amide bonds. The Bertz CT molecular complexity index is 596. The first-order valence-electron chi connectivity index (χ1n) is 6.87. The van der Waals surface area contributed by atoms with Gasteiger partial charge in [0.25, 0.3) is 5.91 Å². The summed E-state index contributed by atoms with van der Waals surface area (Å²) in [7, 11) is 1.48. The molecule has 1 unspecified atom stereocenters. The Kier molecular flexibility index (Phi) is 5.22. The summed E-state index contributed by atoms with van der Waals surface area (Å²) < 4.78 is 4.98. The third kappa shape index (κ3) is 3.76. The van der Waals surface area contributed by atoms with E-state index < -0.39 is 0 Å². The lowest BCUT2D eigenvalue weighted by Crippen LogP contribution is -2.27. The number of carbonyl (C=O) groups is 1. The molecular formula is C16H19NO3S. The Balaban J connectivity index is 2.13. The molecule has 1 heterocycles. The summed E-state index contributed by atoms with van der Waals surface area (Å²) in [4.78, 5) is 13.5. The van der Waals surface area contributed by atoms with Gasteiger partial charge < -0.3 is 15.2 Å². The lowest BCUT2D eigenvalue weighted by Gasteiger charge is -2.17. The van der Waals surface area contributed by atoms with Gasteiger partial charge in [-0.15, -0.1) is 11.3 Å². The summed E-state index contributed by atoms with van der Waals surface area (Å²) >= 11 is 1.63. The summed E-state index contributed by atoms with van der Waals surface area (Å²) in [5, 5.41) is 14.8. The van der Waals surface area contributed by atoms with Gasteiger partial charge in [0, 0.05) is 10.4 Å². The van der Waals surface area contributed by atoms with E-state index in [-0.39, 0.29) is 17.7 Å². The van der Waals surface area contributed by atoms with Gasteiger partial charge in [-0.25, -0.2) is 0 Å². The number of benzene rings is 1. The van der Waals surface area contributed by atoms with Crippen LogP contribution in [0.2, 0.25) is 0 Å². The van der Waals surface area contributed by atoms with Crippen molar-refractivity contribution in [2.45, 2.75) is 25.8 Å². The minimum atomic E-state index is -0.195. The molecule has 1 aromatic carbocycles. The molecule has 0 saturated carbocycles. The molecule has 0 aliphatic heterocycles. The number of ether oxygens (including phenoxy) is 1. The number of carbonyl (C=O) groups excluding carboxylic acids is 1. The van der Waals surface area contributed by atoms with Gasteiger partial charge in [0.2, 0.25) is 0 Å². The number of methoxy groups -OCH3 is 1. The maximum atomic E-state index is 12.3. The Morgan fingerprint density at radius 1 is 1.43 bits per heavy atom. The van der Waals surface area contributed by atoms with E-state index in [0.717, 1.165) is 17.7 Å². The molecule has 2 N–H and O–H groups in total. The van der Waals surface area contributed by atoms with E-state index in [0.29, 0.717) is 11.3 Å². The number of phenolic OH excluding ortho intramolecular Hbond substituents is 1. The number of phenols is 1. The minimum absolute atomic E-state index is 0.00624. The number of thiophene rings is 1. The summed E-state index contributed by atoms with van der Waals surface area (Å²) in [6.45, 7) is 2.09. The van der Waals surface area contributed by atoms with Gasteiger partial charge in [-0.1, -0.05) is 19.4 Å². The molecule has 0 saturated heterocycles. The minimum Gasteiger partial charge on any atom is -0.504 e. The first-order chi connectivity index (χ1) is 10.2. The Labute approximate surface area is 128 Å². The summed E-state index contributed by atoms with van der Waals surface area (Å²) in [6, 6.07) is 8.66. The highest BCUT2D eigenvalue weighted by atomic mass is 32.1. The molecule has 0 bridgehead atoms. The third-order valence-corrected chi connectivity index (χ3v) is 4.20. The van der Waals surface area contributed by atoms with Crippen molar-refractivity contribution >= 4 is 17.2 Å². The van der Waals surface area contributed by atoms with Gasteiger partial charge in [-0.05, 0) is 36.1 Å². The van der Waals surface area contributed by atoms with Crippen LogP contribution in [-0.4, -0.2) is 18.1 Å². The molecule has 0 aliphatic rings. The first kappa shape index (κ1) is 15.4. The molecule has 1 aromatic heterocycles. The predicted molar refractivity (Wildman–Crippen MR) is 84.1 cm³/mol. The second-order valence-electron chi connectivity index (χ2n) is 4.72. The van der Waals surface area contributed by atoms with E-state index in [2.05, 4.69) is 12.2 Å². The Hall–Kier alpha value is -2.01. The number of aromatic hydroxyl groups is 1. The standard InChI is InChI=1S/C16H19NO3S/c1-3-5-12(15-6-4-9-21-15)17-16(19)11-7-8-14(20-2)13(18)10-11/h4,6-10,12,18H,3,5H2,1-2H3,(H,17,19). The Morgan fingerprint density at radius 3 is 2.81 bits per heavy atom. The van der Waals surface area contributed by atoms with Crippen LogP contribution in [0.4, 0.5) is 0 Å². The van der Waals surface area contributed by atoms with E-state index >= 15 is 0 Å². The number of rotatable bonds is 6. The Morgan fingerprint density at radius 2 is 2.24 bits per heavy atom. The van der Waals surface area contributed by atoms with Gasteiger partial charge in [0.15, 0.2) is 11.5 Å². The van der Waals surface area contributed by atoms with E-state index in [1.807, 2.05) is 17.5 Å². The zero-order valence-corrected chi connectivity index (χ0v) is 12.9.